The van der Waals surface area contributed by atoms with Gasteiger partial charge in [-0.2, -0.15) is 0 Å². The van der Waals surface area contributed by atoms with Crippen LogP contribution in [0.25, 0.3) is 0 Å². The van der Waals surface area contributed by atoms with Crippen molar-refractivity contribution in [2.24, 2.45) is 11.1 Å². The molecule has 66 valence electrons. The highest BCUT2D eigenvalue weighted by atomic mass is 32.2. The predicted octanol–water partition coefficient (Wildman–Crippen LogP) is -0.994. The van der Waals surface area contributed by atoms with Crippen LogP contribution in [0.5, 0.6) is 0 Å². The molecule has 0 saturated carbocycles. The molecule has 0 radical (unpaired) electrons. The van der Waals surface area contributed by atoms with Crippen LogP contribution >= 0.6 is 0 Å². The van der Waals surface area contributed by atoms with Gasteiger partial charge >= 0.3 is 0 Å². The van der Waals surface area contributed by atoms with Crippen LogP contribution in [0.15, 0.2) is 0 Å². The van der Waals surface area contributed by atoms with Gasteiger partial charge in [-0.15, -0.1) is 0 Å². The van der Waals surface area contributed by atoms with Gasteiger partial charge < -0.3 is 10.5 Å². The van der Waals surface area contributed by atoms with Crippen molar-refractivity contribution in [3.63, 3.8) is 0 Å². The Kier molecular flexibility index (Phi) is 2.22. The Balaban J connectivity index is 2.56. The molecule has 2 N–H and O–H groups in total. The smallest absolute Gasteiger partial charge is 0.151 e. The molecule has 0 aromatic rings. The first-order chi connectivity index (χ1) is 5.04. The lowest BCUT2D eigenvalue weighted by Crippen LogP contribution is -2.55. The molecule has 4 nitrogen and oxygen atoms in total. The zero-order valence-corrected chi connectivity index (χ0v) is 7.36. The Hall–Kier alpha value is -0.130. The summed E-state index contributed by atoms with van der Waals surface area (Å²) in [6.45, 7) is 0.836. The number of hydrogen-bond acceptors (Lipinski definition) is 4. The molecule has 1 saturated heterocycles. The van der Waals surface area contributed by atoms with Crippen LogP contribution in [0.2, 0.25) is 0 Å². The van der Waals surface area contributed by atoms with Gasteiger partial charge in [0.25, 0.3) is 0 Å². The second kappa shape index (κ2) is 2.73. The van der Waals surface area contributed by atoms with Crippen molar-refractivity contribution in [2.45, 2.75) is 0 Å². The molecule has 0 unspecified atom stereocenters. The van der Waals surface area contributed by atoms with E-state index in [9.17, 15) is 8.42 Å². The van der Waals surface area contributed by atoms with Gasteiger partial charge in [-0.1, -0.05) is 0 Å². The molecule has 5 heteroatoms. The third kappa shape index (κ3) is 1.72. The fourth-order valence-corrected chi connectivity index (χ4v) is 3.64. The maximum Gasteiger partial charge on any atom is 0.151 e. The Morgan fingerprint density at radius 3 is 2.36 bits per heavy atom. The van der Waals surface area contributed by atoms with E-state index in [1.807, 2.05) is 0 Å². The summed E-state index contributed by atoms with van der Waals surface area (Å²) < 4.78 is 26.5. The summed E-state index contributed by atoms with van der Waals surface area (Å²) in [7, 11) is -1.23. The Bertz CT molecular complexity index is 222. The fourth-order valence-electron chi connectivity index (χ4n) is 1.46. The third-order valence-corrected chi connectivity index (χ3v) is 4.04. The first-order valence-corrected chi connectivity index (χ1v) is 5.25. The first-order valence-electron chi connectivity index (χ1n) is 3.43. The van der Waals surface area contributed by atoms with E-state index in [0.29, 0.717) is 13.2 Å². The average Bonchev–Trinajstić information content (AvgIpc) is 1.84. The van der Waals surface area contributed by atoms with E-state index in [0.717, 1.165) is 0 Å². The van der Waals surface area contributed by atoms with Crippen LogP contribution in [0.1, 0.15) is 0 Å². The van der Waals surface area contributed by atoms with Gasteiger partial charge in [0.05, 0.1) is 18.1 Å². The number of methoxy groups -OCH3 is 1. The summed E-state index contributed by atoms with van der Waals surface area (Å²) in [4.78, 5) is 0. The van der Waals surface area contributed by atoms with Crippen molar-refractivity contribution in [3.05, 3.63) is 0 Å². The molecule has 0 aliphatic carbocycles. The lowest BCUT2D eigenvalue weighted by Gasteiger charge is -2.39. The molecule has 1 aliphatic rings. The predicted molar refractivity (Wildman–Crippen MR) is 42.0 cm³/mol. The Morgan fingerprint density at radius 2 is 2.09 bits per heavy atom. The molecule has 11 heavy (non-hydrogen) atoms. The quantitative estimate of drug-likeness (QED) is 0.603. The van der Waals surface area contributed by atoms with E-state index < -0.39 is 9.84 Å². The SMILES string of the molecule is COCC1(CN)CS(=O)(=O)C1. The minimum Gasteiger partial charge on any atom is -0.384 e. The highest BCUT2D eigenvalue weighted by molar-refractivity contribution is 7.92. The van der Waals surface area contributed by atoms with Crippen LogP contribution in [0, 0.1) is 5.41 Å². The van der Waals surface area contributed by atoms with E-state index in [2.05, 4.69) is 0 Å². The highest BCUT2D eigenvalue weighted by Crippen LogP contribution is 2.31. The van der Waals surface area contributed by atoms with Crippen LogP contribution < -0.4 is 5.73 Å². The van der Waals surface area contributed by atoms with Crippen molar-refractivity contribution in [3.8, 4) is 0 Å². The minimum absolute atomic E-state index is 0.185. The zero-order chi connectivity index (χ0) is 8.54. The second-order valence-electron chi connectivity index (χ2n) is 3.17. The Morgan fingerprint density at radius 1 is 1.55 bits per heavy atom. The lowest BCUT2D eigenvalue weighted by molar-refractivity contribution is 0.104. The van der Waals surface area contributed by atoms with Crippen molar-refractivity contribution in [2.75, 3.05) is 31.8 Å². The third-order valence-electron chi connectivity index (χ3n) is 1.94. The maximum absolute atomic E-state index is 10.8. The van der Waals surface area contributed by atoms with Gasteiger partial charge in [0, 0.05) is 19.1 Å². The topological polar surface area (TPSA) is 69.4 Å². The molecule has 1 aliphatic heterocycles. The van der Waals surface area contributed by atoms with Crippen molar-refractivity contribution < 1.29 is 13.2 Å². The standard InChI is InChI=1S/C6H13NO3S/c1-10-3-6(2-7)4-11(8,9)5-6/h2-5,7H2,1H3. The number of rotatable bonds is 3. The van der Waals surface area contributed by atoms with E-state index in [4.69, 9.17) is 10.5 Å². The average molecular weight is 179 g/mol. The number of hydrogen-bond donors (Lipinski definition) is 1. The van der Waals surface area contributed by atoms with Crippen LogP contribution in [0.4, 0.5) is 0 Å². The maximum atomic E-state index is 10.8. The van der Waals surface area contributed by atoms with Gasteiger partial charge in [0.15, 0.2) is 9.84 Å². The molecule has 0 amide bonds. The van der Waals surface area contributed by atoms with E-state index >= 15 is 0 Å². The molecular weight excluding hydrogens is 166 g/mol. The normalized spacial score (nSPS) is 26.0. The monoisotopic (exact) mass is 179 g/mol. The summed E-state index contributed by atoms with van der Waals surface area (Å²) in [6, 6.07) is 0. The number of ether oxygens (including phenoxy) is 1. The molecule has 1 rings (SSSR count). The second-order valence-corrected chi connectivity index (χ2v) is 5.23. The van der Waals surface area contributed by atoms with Crippen LogP contribution in [0.3, 0.4) is 0 Å². The lowest BCUT2D eigenvalue weighted by atomic mass is 9.93. The summed E-state index contributed by atoms with van der Waals surface area (Å²) in [5.41, 5.74) is 5.15. The summed E-state index contributed by atoms with van der Waals surface area (Å²) in [6.07, 6.45) is 0. The summed E-state index contributed by atoms with van der Waals surface area (Å²) >= 11 is 0. The van der Waals surface area contributed by atoms with Gasteiger partial charge in [0.2, 0.25) is 0 Å². The first kappa shape index (κ1) is 8.96. The molecule has 0 spiro atoms. The Labute approximate surface area is 66.6 Å². The largest absolute Gasteiger partial charge is 0.384 e. The molecular formula is C6H13NO3S. The van der Waals surface area contributed by atoms with Crippen molar-refractivity contribution in [1.82, 2.24) is 0 Å². The molecule has 1 heterocycles. The molecule has 0 aromatic carbocycles. The van der Waals surface area contributed by atoms with Gasteiger partial charge in [-0.05, 0) is 0 Å². The zero-order valence-electron chi connectivity index (χ0n) is 6.54. The van der Waals surface area contributed by atoms with Crippen LogP contribution in [-0.4, -0.2) is 40.2 Å². The van der Waals surface area contributed by atoms with Crippen molar-refractivity contribution in [1.29, 1.82) is 0 Å². The van der Waals surface area contributed by atoms with Crippen molar-refractivity contribution >= 4 is 9.84 Å². The molecule has 0 bridgehead atoms. The molecule has 1 fully saturated rings. The van der Waals surface area contributed by atoms with E-state index in [1.54, 1.807) is 7.11 Å². The fraction of sp³-hybridized carbons (Fsp3) is 1.00. The van der Waals surface area contributed by atoms with E-state index in [1.165, 1.54) is 0 Å². The highest BCUT2D eigenvalue weighted by Gasteiger charge is 2.47. The van der Waals surface area contributed by atoms with Gasteiger partial charge in [-0.3, -0.25) is 0 Å². The molecule has 0 aromatic heterocycles. The summed E-state index contributed by atoms with van der Waals surface area (Å²) in [5.74, 6) is 0.370. The number of sulfone groups is 1. The van der Waals surface area contributed by atoms with Gasteiger partial charge in [0.1, 0.15) is 0 Å². The summed E-state index contributed by atoms with van der Waals surface area (Å²) in [5, 5.41) is 0. The van der Waals surface area contributed by atoms with E-state index in [-0.39, 0.29) is 16.9 Å². The van der Waals surface area contributed by atoms with Gasteiger partial charge in [-0.25, -0.2) is 8.42 Å². The number of nitrogens with two attached hydrogens (primary N) is 1. The molecule has 0 atom stereocenters. The minimum atomic E-state index is -2.78. The van der Waals surface area contributed by atoms with Crippen LogP contribution in [-0.2, 0) is 14.6 Å².